The van der Waals surface area contributed by atoms with E-state index >= 15 is 0 Å². The molecule has 9 nitrogen and oxygen atoms in total. The van der Waals surface area contributed by atoms with Crippen molar-refractivity contribution in [3.8, 4) is 0 Å². The van der Waals surface area contributed by atoms with E-state index in [1.807, 2.05) is 11.9 Å². The number of carbonyl (C=O) groups excluding carboxylic acids is 4. The molecule has 2 aliphatic rings. The number of nitrogens with zero attached hydrogens (tertiary/aromatic N) is 2. The van der Waals surface area contributed by atoms with Crippen molar-refractivity contribution in [3.63, 3.8) is 0 Å². The molecular formula is C19H24N4O5. The van der Waals surface area contributed by atoms with Crippen molar-refractivity contribution in [2.24, 2.45) is 5.73 Å². The van der Waals surface area contributed by atoms with E-state index in [0.29, 0.717) is 38.4 Å². The molecule has 1 saturated heterocycles. The monoisotopic (exact) mass is 388 g/mol. The second kappa shape index (κ2) is 8.59. The zero-order valence-corrected chi connectivity index (χ0v) is 15.8. The summed E-state index contributed by atoms with van der Waals surface area (Å²) in [4.78, 5) is 51.9. The van der Waals surface area contributed by atoms with Crippen molar-refractivity contribution >= 4 is 23.6 Å². The van der Waals surface area contributed by atoms with E-state index in [4.69, 9.17) is 10.5 Å². The van der Waals surface area contributed by atoms with Crippen LogP contribution < -0.4 is 11.1 Å². The summed E-state index contributed by atoms with van der Waals surface area (Å²) in [7, 11) is 1.93. The van der Waals surface area contributed by atoms with E-state index in [0.717, 1.165) is 10.5 Å². The van der Waals surface area contributed by atoms with E-state index in [-0.39, 0.29) is 18.4 Å². The van der Waals surface area contributed by atoms with Gasteiger partial charge in [0.15, 0.2) is 0 Å². The molecule has 3 rings (SSSR count). The molecule has 0 aliphatic carbocycles. The van der Waals surface area contributed by atoms with Gasteiger partial charge in [0.2, 0.25) is 11.8 Å². The Balaban J connectivity index is 1.69. The average Bonchev–Trinajstić information content (AvgIpc) is 2.90. The predicted octanol–water partition coefficient (Wildman–Crippen LogP) is -0.505. The largest absolute Gasteiger partial charge is 0.379 e. The van der Waals surface area contributed by atoms with Gasteiger partial charge in [-0.05, 0) is 31.2 Å². The van der Waals surface area contributed by atoms with Crippen LogP contribution in [0.1, 0.15) is 39.1 Å². The summed E-state index contributed by atoms with van der Waals surface area (Å²) in [6, 6.07) is 4.17. The molecule has 1 aromatic carbocycles. The molecule has 1 unspecified atom stereocenters. The molecule has 3 N–H and O–H groups in total. The topological polar surface area (TPSA) is 122 Å². The lowest BCUT2D eigenvalue weighted by Gasteiger charge is -2.27. The van der Waals surface area contributed by atoms with Crippen molar-refractivity contribution in [2.75, 3.05) is 33.4 Å². The summed E-state index contributed by atoms with van der Waals surface area (Å²) < 4.78 is 5.36. The van der Waals surface area contributed by atoms with Gasteiger partial charge in [-0.1, -0.05) is 6.07 Å². The quantitative estimate of drug-likeness (QED) is 0.454. The predicted molar refractivity (Wildman–Crippen MR) is 99.3 cm³/mol. The van der Waals surface area contributed by atoms with Crippen molar-refractivity contribution in [1.29, 1.82) is 0 Å². The maximum Gasteiger partial charge on any atom is 0.262 e. The van der Waals surface area contributed by atoms with Gasteiger partial charge in [-0.2, -0.15) is 0 Å². The van der Waals surface area contributed by atoms with E-state index in [2.05, 4.69) is 5.32 Å². The van der Waals surface area contributed by atoms with E-state index in [1.54, 1.807) is 18.2 Å². The molecule has 0 aromatic heterocycles. The maximum atomic E-state index is 12.8. The minimum atomic E-state index is -0.948. The molecule has 2 aliphatic heterocycles. The molecule has 2 heterocycles. The molecule has 150 valence electrons. The molecule has 1 atom stereocenters. The van der Waals surface area contributed by atoms with Gasteiger partial charge in [0.25, 0.3) is 11.8 Å². The lowest BCUT2D eigenvalue weighted by Crippen LogP contribution is -2.54. The SMILES string of the molecule is CN(CCOCCN)Cc1ccc2c(c1)C(=O)N(C1CCC(=O)NC1=O)C2=O. The normalized spacial score (nSPS) is 19.4. The van der Waals surface area contributed by atoms with Crippen molar-refractivity contribution < 1.29 is 23.9 Å². The first kappa shape index (κ1) is 20.1. The summed E-state index contributed by atoms with van der Waals surface area (Å²) in [6.07, 6.45) is 0.251. The Labute approximate surface area is 162 Å². The van der Waals surface area contributed by atoms with Crippen LogP contribution in [0.3, 0.4) is 0 Å². The Morgan fingerprint density at radius 3 is 2.64 bits per heavy atom. The number of nitrogens with two attached hydrogens (primary N) is 1. The second-order valence-corrected chi connectivity index (χ2v) is 6.97. The average molecular weight is 388 g/mol. The highest BCUT2D eigenvalue weighted by Gasteiger charge is 2.44. The first-order valence-electron chi connectivity index (χ1n) is 9.23. The van der Waals surface area contributed by atoms with Crippen LogP contribution >= 0.6 is 0 Å². The standard InChI is InChI=1S/C19H24N4O5/c1-22(7-9-28-8-6-20)11-12-2-3-13-14(10-12)19(27)23(18(13)26)15-4-5-16(24)21-17(15)25/h2-3,10,15H,4-9,11,20H2,1H3,(H,21,24,25). The lowest BCUT2D eigenvalue weighted by atomic mass is 10.0. The number of hydrogen-bond acceptors (Lipinski definition) is 7. The Morgan fingerprint density at radius 2 is 1.93 bits per heavy atom. The molecule has 28 heavy (non-hydrogen) atoms. The smallest absolute Gasteiger partial charge is 0.262 e. The van der Waals surface area contributed by atoms with Crippen molar-refractivity contribution in [3.05, 3.63) is 34.9 Å². The molecule has 0 bridgehead atoms. The number of likely N-dealkylation sites (N-methyl/N-ethyl adjacent to an activating group) is 1. The van der Waals surface area contributed by atoms with Gasteiger partial charge in [-0.15, -0.1) is 0 Å². The van der Waals surface area contributed by atoms with Crippen LogP contribution in [0.15, 0.2) is 18.2 Å². The van der Waals surface area contributed by atoms with Crippen molar-refractivity contribution in [2.45, 2.75) is 25.4 Å². The number of amides is 4. The van der Waals surface area contributed by atoms with Crippen LogP contribution in [0.4, 0.5) is 0 Å². The highest BCUT2D eigenvalue weighted by molar-refractivity contribution is 6.23. The minimum Gasteiger partial charge on any atom is -0.379 e. The Bertz CT molecular complexity index is 810. The lowest BCUT2D eigenvalue weighted by molar-refractivity contribution is -0.136. The van der Waals surface area contributed by atoms with E-state index in [1.165, 1.54) is 0 Å². The number of rotatable bonds is 8. The first-order chi connectivity index (χ1) is 13.4. The number of carbonyl (C=O) groups is 4. The molecular weight excluding hydrogens is 364 g/mol. The van der Waals surface area contributed by atoms with E-state index < -0.39 is 29.7 Å². The van der Waals surface area contributed by atoms with E-state index in [9.17, 15) is 19.2 Å². The summed E-state index contributed by atoms with van der Waals surface area (Å²) >= 11 is 0. The fraction of sp³-hybridized carbons (Fsp3) is 0.474. The molecule has 4 amide bonds. The van der Waals surface area contributed by atoms with Crippen molar-refractivity contribution in [1.82, 2.24) is 15.1 Å². The fourth-order valence-corrected chi connectivity index (χ4v) is 3.41. The summed E-state index contributed by atoms with van der Waals surface area (Å²) in [6.45, 7) is 2.83. The van der Waals surface area contributed by atoms with Crippen LogP contribution in [0, 0.1) is 0 Å². The Hall–Kier alpha value is -2.62. The molecule has 9 heteroatoms. The minimum absolute atomic E-state index is 0.103. The van der Waals surface area contributed by atoms with Gasteiger partial charge in [0.1, 0.15) is 6.04 Å². The summed E-state index contributed by atoms with van der Waals surface area (Å²) in [5.41, 5.74) is 6.84. The van der Waals surface area contributed by atoms with Gasteiger partial charge in [0.05, 0.1) is 24.3 Å². The third-order valence-corrected chi connectivity index (χ3v) is 4.84. The van der Waals surface area contributed by atoms with Gasteiger partial charge in [0, 0.05) is 26.1 Å². The second-order valence-electron chi connectivity index (χ2n) is 6.97. The molecule has 1 fully saturated rings. The molecule has 0 radical (unpaired) electrons. The van der Waals surface area contributed by atoms with Gasteiger partial charge < -0.3 is 10.5 Å². The van der Waals surface area contributed by atoms with Crippen LogP contribution in [-0.4, -0.2) is 72.8 Å². The van der Waals surface area contributed by atoms with Crippen LogP contribution in [0.25, 0.3) is 0 Å². The number of imide groups is 2. The van der Waals surface area contributed by atoms with Gasteiger partial charge in [-0.3, -0.25) is 34.3 Å². The summed E-state index contributed by atoms with van der Waals surface area (Å²) in [5, 5.41) is 2.19. The third-order valence-electron chi connectivity index (χ3n) is 4.84. The number of benzene rings is 1. The molecule has 0 spiro atoms. The molecule has 0 saturated carbocycles. The number of nitrogens with one attached hydrogen (secondary N) is 1. The third kappa shape index (κ3) is 4.11. The first-order valence-corrected chi connectivity index (χ1v) is 9.23. The molecule has 1 aromatic rings. The van der Waals surface area contributed by atoms with Crippen LogP contribution in [-0.2, 0) is 20.9 Å². The number of piperidine rings is 1. The van der Waals surface area contributed by atoms with Crippen LogP contribution in [0.5, 0.6) is 0 Å². The zero-order chi connectivity index (χ0) is 20.3. The van der Waals surface area contributed by atoms with Crippen LogP contribution in [0.2, 0.25) is 0 Å². The fourth-order valence-electron chi connectivity index (χ4n) is 3.41. The number of ether oxygens (including phenoxy) is 1. The number of fused-ring (bicyclic) bond motifs is 1. The summed E-state index contributed by atoms with van der Waals surface area (Å²) in [5.74, 6) is -1.99. The van der Waals surface area contributed by atoms with Gasteiger partial charge in [-0.25, -0.2) is 0 Å². The van der Waals surface area contributed by atoms with Gasteiger partial charge >= 0.3 is 0 Å². The Morgan fingerprint density at radius 1 is 1.18 bits per heavy atom. The number of hydrogen-bond donors (Lipinski definition) is 2. The maximum absolute atomic E-state index is 12.8. The highest BCUT2D eigenvalue weighted by Crippen LogP contribution is 2.28. The zero-order valence-electron chi connectivity index (χ0n) is 15.8. The highest BCUT2D eigenvalue weighted by atomic mass is 16.5. The Kier molecular flexibility index (Phi) is 6.18.